The van der Waals surface area contributed by atoms with Crippen molar-refractivity contribution in [1.82, 2.24) is 5.16 Å². The van der Waals surface area contributed by atoms with Gasteiger partial charge < -0.3 is 19.0 Å². The second-order valence-corrected chi connectivity index (χ2v) is 6.33. The van der Waals surface area contributed by atoms with Gasteiger partial charge in [0, 0.05) is 23.6 Å². The lowest BCUT2D eigenvalue weighted by molar-refractivity contribution is -0.122. The van der Waals surface area contributed by atoms with Crippen LogP contribution in [0.5, 0.6) is 5.75 Å². The largest absolute Gasteiger partial charge is 0.480 e. The summed E-state index contributed by atoms with van der Waals surface area (Å²) in [6.45, 7) is 5.64. The monoisotopic (exact) mass is 370 g/mol. The van der Waals surface area contributed by atoms with Crippen molar-refractivity contribution in [3.63, 3.8) is 0 Å². The Bertz CT molecular complexity index is 1010. The van der Waals surface area contributed by atoms with Crippen LogP contribution in [0.4, 0.5) is 5.82 Å². The third-order valence-corrected chi connectivity index (χ3v) is 4.14. The van der Waals surface area contributed by atoms with Crippen LogP contribution >= 0.6 is 0 Å². The van der Waals surface area contributed by atoms with E-state index in [0.29, 0.717) is 29.3 Å². The SMILES string of the molecule is CCCc1cc(=O)oc2cc(OC(CC)C(=O)Nc3cc(C)on3)ccc12. The summed E-state index contributed by atoms with van der Waals surface area (Å²) < 4.78 is 16.1. The van der Waals surface area contributed by atoms with E-state index in [1.54, 1.807) is 25.1 Å². The first-order valence-corrected chi connectivity index (χ1v) is 8.97. The van der Waals surface area contributed by atoms with Crippen LogP contribution in [0, 0.1) is 6.92 Å². The normalized spacial score (nSPS) is 12.1. The number of hydrogen-bond acceptors (Lipinski definition) is 6. The van der Waals surface area contributed by atoms with Crippen molar-refractivity contribution in [1.29, 1.82) is 0 Å². The molecular weight excluding hydrogens is 348 g/mol. The van der Waals surface area contributed by atoms with Crippen LogP contribution in [0.3, 0.4) is 0 Å². The molecule has 1 N–H and O–H groups in total. The lowest BCUT2D eigenvalue weighted by atomic mass is 10.1. The van der Waals surface area contributed by atoms with Gasteiger partial charge in [0.2, 0.25) is 0 Å². The fourth-order valence-electron chi connectivity index (χ4n) is 2.88. The molecule has 2 aromatic heterocycles. The molecule has 7 nitrogen and oxygen atoms in total. The van der Waals surface area contributed by atoms with E-state index in [1.165, 1.54) is 6.07 Å². The molecular formula is C20H22N2O5. The molecule has 0 saturated carbocycles. The van der Waals surface area contributed by atoms with Crippen molar-refractivity contribution < 1.29 is 18.5 Å². The average molecular weight is 370 g/mol. The molecule has 1 aromatic carbocycles. The van der Waals surface area contributed by atoms with Crippen LogP contribution in [0.2, 0.25) is 0 Å². The lowest BCUT2D eigenvalue weighted by Gasteiger charge is -2.16. The minimum atomic E-state index is -0.718. The van der Waals surface area contributed by atoms with E-state index >= 15 is 0 Å². The van der Waals surface area contributed by atoms with E-state index in [1.807, 2.05) is 13.0 Å². The van der Waals surface area contributed by atoms with Gasteiger partial charge in [0.15, 0.2) is 11.9 Å². The Morgan fingerprint density at radius 1 is 1.26 bits per heavy atom. The molecule has 0 aliphatic heterocycles. The van der Waals surface area contributed by atoms with Crippen LogP contribution < -0.4 is 15.7 Å². The number of amides is 1. The van der Waals surface area contributed by atoms with Crippen LogP contribution in [0.15, 0.2) is 44.1 Å². The number of ether oxygens (including phenoxy) is 1. The third-order valence-electron chi connectivity index (χ3n) is 4.14. The zero-order valence-corrected chi connectivity index (χ0v) is 15.6. The first kappa shape index (κ1) is 18.7. The first-order valence-electron chi connectivity index (χ1n) is 8.97. The summed E-state index contributed by atoms with van der Waals surface area (Å²) >= 11 is 0. The number of anilines is 1. The van der Waals surface area contributed by atoms with Gasteiger partial charge in [-0.25, -0.2) is 4.79 Å². The molecule has 0 fully saturated rings. The molecule has 0 aliphatic carbocycles. The van der Waals surface area contributed by atoms with Gasteiger partial charge in [-0.2, -0.15) is 0 Å². The Morgan fingerprint density at radius 3 is 2.74 bits per heavy atom. The number of carbonyl (C=O) groups excluding carboxylic acids is 1. The molecule has 3 rings (SSSR count). The Morgan fingerprint density at radius 2 is 2.07 bits per heavy atom. The zero-order chi connectivity index (χ0) is 19.4. The minimum absolute atomic E-state index is 0.327. The number of aryl methyl sites for hydroxylation is 2. The quantitative estimate of drug-likeness (QED) is 0.635. The molecule has 142 valence electrons. The van der Waals surface area contributed by atoms with Crippen molar-refractivity contribution >= 4 is 22.7 Å². The molecule has 0 aliphatic rings. The highest BCUT2D eigenvalue weighted by molar-refractivity contribution is 5.93. The maximum atomic E-state index is 12.4. The fourth-order valence-corrected chi connectivity index (χ4v) is 2.88. The van der Waals surface area contributed by atoms with Crippen molar-refractivity contribution in [3.8, 4) is 5.75 Å². The van der Waals surface area contributed by atoms with Gasteiger partial charge in [0.1, 0.15) is 17.1 Å². The molecule has 0 spiro atoms. The molecule has 1 atom stereocenters. The Hall–Kier alpha value is -3.09. The predicted octanol–water partition coefficient (Wildman–Crippen LogP) is 3.84. The summed E-state index contributed by atoms with van der Waals surface area (Å²) in [6, 6.07) is 8.42. The number of nitrogens with zero attached hydrogens (tertiary/aromatic N) is 1. The highest BCUT2D eigenvalue weighted by Crippen LogP contribution is 2.25. The summed E-state index contributed by atoms with van der Waals surface area (Å²) in [4.78, 5) is 24.2. The molecule has 27 heavy (non-hydrogen) atoms. The maximum Gasteiger partial charge on any atom is 0.336 e. The summed E-state index contributed by atoms with van der Waals surface area (Å²) in [5.74, 6) is 1.07. The Balaban J connectivity index is 1.81. The highest BCUT2D eigenvalue weighted by Gasteiger charge is 2.20. The van der Waals surface area contributed by atoms with E-state index in [0.717, 1.165) is 23.8 Å². The Labute approximate surface area is 156 Å². The van der Waals surface area contributed by atoms with Crippen molar-refractivity contribution in [2.75, 3.05) is 5.32 Å². The number of hydrogen-bond donors (Lipinski definition) is 1. The number of rotatable bonds is 7. The number of benzene rings is 1. The number of aromatic nitrogens is 1. The average Bonchev–Trinajstić information content (AvgIpc) is 3.04. The first-order chi connectivity index (χ1) is 13.0. The van der Waals surface area contributed by atoms with Crippen LogP contribution in [-0.4, -0.2) is 17.2 Å². The van der Waals surface area contributed by atoms with Crippen molar-refractivity contribution in [2.45, 2.75) is 46.1 Å². The predicted molar refractivity (Wildman–Crippen MR) is 101 cm³/mol. The van der Waals surface area contributed by atoms with E-state index in [4.69, 9.17) is 13.7 Å². The molecule has 0 bridgehead atoms. The summed E-state index contributed by atoms with van der Waals surface area (Å²) in [7, 11) is 0. The lowest BCUT2D eigenvalue weighted by Crippen LogP contribution is -2.32. The fraction of sp³-hybridized carbons (Fsp3) is 0.350. The molecule has 1 unspecified atom stereocenters. The van der Waals surface area contributed by atoms with Crippen LogP contribution in [-0.2, 0) is 11.2 Å². The van der Waals surface area contributed by atoms with Crippen molar-refractivity contribution in [3.05, 3.63) is 52.1 Å². The molecule has 3 aromatic rings. The minimum Gasteiger partial charge on any atom is -0.480 e. The van der Waals surface area contributed by atoms with Crippen molar-refractivity contribution in [2.24, 2.45) is 0 Å². The maximum absolute atomic E-state index is 12.4. The van der Waals surface area contributed by atoms with Gasteiger partial charge in [-0.1, -0.05) is 25.4 Å². The molecule has 1 amide bonds. The molecule has 2 heterocycles. The number of nitrogens with one attached hydrogen (secondary N) is 1. The topological polar surface area (TPSA) is 94.6 Å². The van der Waals surface area contributed by atoms with Gasteiger partial charge in [0.25, 0.3) is 5.91 Å². The molecule has 0 radical (unpaired) electrons. The van der Waals surface area contributed by atoms with E-state index in [2.05, 4.69) is 17.4 Å². The van der Waals surface area contributed by atoms with Gasteiger partial charge in [0.05, 0.1) is 0 Å². The number of carbonyl (C=O) groups is 1. The number of fused-ring (bicyclic) bond motifs is 1. The van der Waals surface area contributed by atoms with Crippen LogP contribution in [0.25, 0.3) is 11.0 Å². The zero-order valence-electron chi connectivity index (χ0n) is 15.6. The van der Waals surface area contributed by atoms with Gasteiger partial charge in [-0.15, -0.1) is 0 Å². The smallest absolute Gasteiger partial charge is 0.336 e. The molecule has 7 heteroatoms. The van der Waals surface area contributed by atoms with E-state index in [9.17, 15) is 9.59 Å². The van der Waals surface area contributed by atoms with Gasteiger partial charge >= 0.3 is 5.63 Å². The summed E-state index contributed by atoms with van der Waals surface area (Å²) in [5, 5.41) is 7.28. The van der Waals surface area contributed by atoms with E-state index < -0.39 is 11.7 Å². The second-order valence-electron chi connectivity index (χ2n) is 6.33. The second kappa shape index (κ2) is 8.07. The summed E-state index contributed by atoms with van der Waals surface area (Å²) in [5.41, 5.74) is 1.00. The highest BCUT2D eigenvalue weighted by atomic mass is 16.5. The Kier molecular flexibility index (Phi) is 5.59. The third kappa shape index (κ3) is 4.36. The molecule has 0 saturated heterocycles. The van der Waals surface area contributed by atoms with Gasteiger partial charge in [-0.3, -0.25) is 4.79 Å². The summed E-state index contributed by atoms with van der Waals surface area (Å²) in [6.07, 6.45) is 1.46. The van der Waals surface area contributed by atoms with E-state index in [-0.39, 0.29) is 5.91 Å². The van der Waals surface area contributed by atoms with Crippen LogP contribution in [0.1, 0.15) is 38.0 Å². The standard InChI is InChI=1S/C20H22N2O5/c1-4-6-13-10-19(23)26-17-11-14(7-8-15(13)17)25-16(5-2)20(24)21-18-9-12(3)27-22-18/h7-11,16H,4-6H2,1-3H3,(H,21,22,24). The van der Waals surface area contributed by atoms with Gasteiger partial charge in [-0.05, 0) is 37.5 Å².